The van der Waals surface area contributed by atoms with E-state index in [0.717, 1.165) is 30.2 Å². The van der Waals surface area contributed by atoms with Crippen LogP contribution in [0, 0.1) is 5.92 Å². The van der Waals surface area contributed by atoms with Gasteiger partial charge < -0.3 is 5.32 Å². The Morgan fingerprint density at radius 2 is 2.15 bits per heavy atom. The third-order valence-electron chi connectivity index (χ3n) is 3.92. The minimum atomic E-state index is -0.0263. The van der Waals surface area contributed by atoms with Crippen LogP contribution in [0.4, 0.5) is 0 Å². The molecular formula is C16H17ClN2O. The fraction of sp³-hybridized carbons (Fsp3) is 0.375. The monoisotopic (exact) mass is 288 g/mol. The van der Waals surface area contributed by atoms with Gasteiger partial charge in [-0.25, -0.2) is 0 Å². The Morgan fingerprint density at radius 1 is 1.30 bits per heavy atom. The largest absolute Gasteiger partial charge is 0.352 e. The lowest BCUT2D eigenvalue weighted by Crippen LogP contribution is -2.28. The van der Waals surface area contributed by atoms with E-state index in [2.05, 4.69) is 10.3 Å². The van der Waals surface area contributed by atoms with Crippen LogP contribution < -0.4 is 5.32 Å². The van der Waals surface area contributed by atoms with Gasteiger partial charge in [0.2, 0.25) is 0 Å². The van der Waals surface area contributed by atoms with Crippen LogP contribution in [0.5, 0.6) is 0 Å². The first kappa shape index (κ1) is 13.4. The quantitative estimate of drug-likeness (QED) is 0.880. The number of fused-ring (bicyclic) bond motifs is 1. The molecule has 0 spiro atoms. The van der Waals surface area contributed by atoms with Crippen LogP contribution in [0.15, 0.2) is 36.5 Å². The molecule has 4 heteroatoms. The van der Waals surface area contributed by atoms with Gasteiger partial charge in [-0.3, -0.25) is 9.78 Å². The molecule has 2 aromatic rings. The molecule has 3 nitrogen and oxygen atoms in total. The number of nitrogens with one attached hydrogen (secondary N) is 1. The van der Waals surface area contributed by atoms with Crippen LogP contribution >= 0.6 is 11.6 Å². The molecule has 1 aliphatic carbocycles. The number of benzene rings is 1. The van der Waals surface area contributed by atoms with Gasteiger partial charge in [-0.15, -0.1) is 11.6 Å². The maximum absolute atomic E-state index is 12.3. The smallest absolute Gasteiger partial charge is 0.252 e. The van der Waals surface area contributed by atoms with E-state index in [1.165, 1.54) is 0 Å². The minimum absolute atomic E-state index is 0.0263. The van der Waals surface area contributed by atoms with E-state index in [-0.39, 0.29) is 11.3 Å². The number of aromatic nitrogens is 1. The number of halogens is 1. The van der Waals surface area contributed by atoms with Gasteiger partial charge >= 0.3 is 0 Å². The Kier molecular flexibility index (Phi) is 3.88. The number of hydrogen-bond acceptors (Lipinski definition) is 2. The highest BCUT2D eigenvalue weighted by Crippen LogP contribution is 2.28. The number of carbonyl (C=O) groups is 1. The Labute approximate surface area is 123 Å². The number of alkyl halides is 1. The standard InChI is InChI=1S/C16H17ClN2O/c17-12-6-5-11(9-12)10-19-16(20)14-7-8-18-15-4-2-1-3-13(14)15/h1-4,7-8,11-12H,5-6,9-10H2,(H,19,20). The molecule has 2 unspecified atom stereocenters. The normalized spacial score (nSPS) is 22.1. The van der Waals surface area contributed by atoms with Crippen LogP contribution in [0.25, 0.3) is 10.9 Å². The predicted octanol–water partition coefficient (Wildman–Crippen LogP) is 3.37. The third-order valence-corrected chi connectivity index (χ3v) is 4.32. The van der Waals surface area contributed by atoms with Gasteiger partial charge in [0.05, 0.1) is 11.1 Å². The molecule has 3 rings (SSSR count). The van der Waals surface area contributed by atoms with Gasteiger partial charge in [-0.2, -0.15) is 0 Å². The Balaban J connectivity index is 1.72. The third kappa shape index (κ3) is 2.78. The fourth-order valence-electron chi connectivity index (χ4n) is 2.83. The van der Waals surface area contributed by atoms with Crippen LogP contribution in [0.1, 0.15) is 29.6 Å². The van der Waals surface area contributed by atoms with E-state index in [1.54, 1.807) is 12.3 Å². The topological polar surface area (TPSA) is 42.0 Å². The number of pyridine rings is 1. The van der Waals surface area contributed by atoms with Crippen molar-refractivity contribution in [1.82, 2.24) is 10.3 Å². The van der Waals surface area contributed by atoms with Gasteiger partial charge in [-0.1, -0.05) is 18.2 Å². The summed E-state index contributed by atoms with van der Waals surface area (Å²) in [5, 5.41) is 4.20. The Hall–Kier alpha value is -1.61. The minimum Gasteiger partial charge on any atom is -0.352 e. The summed E-state index contributed by atoms with van der Waals surface area (Å²) in [5.41, 5.74) is 1.54. The molecule has 1 aliphatic rings. The van der Waals surface area contributed by atoms with Crippen molar-refractivity contribution in [2.75, 3.05) is 6.54 Å². The first-order valence-corrected chi connectivity index (χ1v) is 7.43. The zero-order valence-corrected chi connectivity index (χ0v) is 11.9. The summed E-state index contributed by atoms with van der Waals surface area (Å²) in [6.07, 6.45) is 4.84. The van der Waals surface area contributed by atoms with Crippen LogP contribution in [0.3, 0.4) is 0 Å². The molecule has 1 fully saturated rings. The van der Waals surface area contributed by atoms with Crippen LogP contribution in [0.2, 0.25) is 0 Å². The highest BCUT2D eigenvalue weighted by Gasteiger charge is 2.23. The van der Waals surface area contributed by atoms with Gasteiger partial charge in [0, 0.05) is 23.5 Å². The van der Waals surface area contributed by atoms with Crippen molar-refractivity contribution in [3.8, 4) is 0 Å². The van der Waals surface area contributed by atoms with E-state index in [0.29, 0.717) is 18.0 Å². The van der Waals surface area contributed by atoms with E-state index in [4.69, 9.17) is 11.6 Å². The van der Waals surface area contributed by atoms with Gasteiger partial charge in [0.1, 0.15) is 0 Å². The van der Waals surface area contributed by atoms with E-state index < -0.39 is 0 Å². The lowest BCUT2D eigenvalue weighted by molar-refractivity contribution is 0.0949. The number of carbonyl (C=O) groups excluding carboxylic acids is 1. The highest BCUT2D eigenvalue weighted by molar-refractivity contribution is 6.20. The number of rotatable bonds is 3. The molecular weight excluding hydrogens is 272 g/mol. The molecule has 1 N–H and O–H groups in total. The Morgan fingerprint density at radius 3 is 2.95 bits per heavy atom. The van der Waals surface area contributed by atoms with Crippen LogP contribution in [-0.4, -0.2) is 22.8 Å². The van der Waals surface area contributed by atoms with Gasteiger partial charge in [0.15, 0.2) is 0 Å². The van der Waals surface area contributed by atoms with Crippen molar-refractivity contribution < 1.29 is 4.79 Å². The molecule has 0 bridgehead atoms. The molecule has 0 radical (unpaired) electrons. The van der Waals surface area contributed by atoms with Crippen molar-refractivity contribution in [3.63, 3.8) is 0 Å². The molecule has 0 saturated heterocycles. The first-order chi connectivity index (χ1) is 9.74. The molecule has 104 valence electrons. The van der Waals surface area contributed by atoms with Crippen molar-refractivity contribution in [2.24, 2.45) is 5.92 Å². The molecule has 1 heterocycles. The van der Waals surface area contributed by atoms with Gasteiger partial charge in [0.25, 0.3) is 5.91 Å². The average molecular weight is 289 g/mol. The molecule has 2 atom stereocenters. The van der Waals surface area contributed by atoms with E-state index in [1.807, 2.05) is 24.3 Å². The number of amides is 1. The maximum atomic E-state index is 12.3. The lowest BCUT2D eigenvalue weighted by Gasteiger charge is -2.12. The molecule has 20 heavy (non-hydrogen) atoms. The van der Waals surface area contributed by atoms with E-state index in [9.17, 15) is 4.79 Å². The van der Waals surface area contributed by atoms with Crippen molar-refractivity contribution in [1.29, 1.82) is 0 Å². The Bertz CT molecular complexity index is 623. The summed E-state index contributed by atoms with van der Waals surface area (Å²) in [6.45, 7) is 0.707. The first-order valence-electron chi connectivity index (χ1n) is 7.00. The second-order valence-corrected chi connectivity index (χ2v) is 5.98. The summed E-state index contributed by atoms with van der Waals surface area (Å²) in [6, 6.07) is 9.48. The maximum Gasteiger partial charge on any atom is 0.252 e. The van der Waals surface area contributed by atoms with Crippen molar-refractivity contribution in [2.45, 2.75) is 24.6 Å². The molecule has 1 amide bonds. The molecule has 1 aromatic heterocycles. The summed E-state index contributed by atoms with van der Waals surface area (Å²) >= 11 is 6.10. The summed E-state index contributed by atoms with van der Waals surface area (Å²) in [7, 11) is 0. The number of nitrogens with zero attached hydrogens (tertiary/aromatic N) is 1. The summed E-state index contributed by atoms with van der Waals surface area (Å²) in [4.78, 5) is 16.6. The molecule has 1 aromatic carbocycles. The highest BCUT2D eigenvalue weighted by atomic mass is 35.5. The van der Waals surface area contributed by atoms with Crippen molar-refractivity contribution in [3.05, 3.63) is 42.1 Å². The molecule has 1 saturated carbocycles. The zero-order valence-electron chi connectivity index (χ0n) is 11.2. The fourth-order valence-corrected chi connectivity index (χ4v) is 3.20. The summed E-state index contributed by atoms with van der Waals surface area (Å²) < 4.78 is 0. The average Bonchev–Trinajstić information content (AvgIpc) is 2.90. The summed E-state index contributed by atoms with van der Waals surface area (Å²) in [5.74, 6) is 0.483. The number of para-hydroxylation sites is 1. The molecule has 0 aliphatic heterocycles. The SMILES string of the molecule is O=C(NCC1CCC(Cl)C1)c1ccnc2ccccc12. The van der Waals surface area contributed by atoms with Crippen molar-refractivity contribution >= 4 is 28.4 Å². The predicted molar refractivity (Wildman–Crippen MR) is 81.1 cm³/mol. The zero-order chi connectivity index (χ0) is 13.9. The van der Waals surface area contributed by atoms with Crippen LogP contribution in [-0.2, 0) is 0 Å². The van der Waals surface area contributed by atoms with Gasteiger partial charge in [-0.05, 0) is 37.3 Å². The lowest BCUT2D eigenvalue weighted by atomic mass is 10.1. The number of hydrogen-bond donors (Lipinski definition) is 1. The van der Waals surface area contributed by atoms with E-state index >= 15 is 0 Å². The second-order valence-electron chi connectivity index (χ2n) is 5.36. The second kappa shape index (κ2) is 5.80.